The second-order valence-electron chi connectivity index (χ2n) is 6.93. The van der Waals surface area contributed by atoms with Gasteiger partial charge < -0.3 is 0 Å². The molecule has 4 aromatic rings. The Hall–Kier alpha value is -3.01. The molecule has 0 spiro atoms. The van der Waals surface area contributed by atoms with Gasteiger partial charge in [-0.05, 0) is 41.5 Å². The van der Waals surface area contributed by atoms with Gasteiger partial charge in [-0.15, -0.1) is 0 Å². The molecule has 0 saturated carbocycles. The van der Waals surface area contributed by atoms with Crippen LogP contribution in [0.4, 0.5) is 8.78 Å². The Morgan fingerprint density at radius 2 is 1.66 bits per heavy atom. The predicted octanol–water partition coefficient (Wildman–Crippen LogP) is 4.97. The van der Waals surface area contributed by atoms with Crippen LogP contribution in [0.2, 0.25) is 10.2 Å². The van der Waals surface area contributed by atoms with Gasteiger partial charge in [0.2, 0.25) is 10.0 Å². The second kappa shape index (κ2) is 8.16. The van der Waals surface area contributed by atoms with Gasteiger partial charge in [-0.25, -0.2) is 26.6 Å². The summed E-state index contributed by atoms with van der Waals surface area (Å²) in [6, 6.07) is 13.1. The minimum absolute atomic E-state index is 0.0475. The Bertz CT molecular complexity index is 1490. The van der Waals surface area contributed by atoms with Crippen molar-refractivity contribution in [1.29, 1.82) is 0 Å². The monoisotopic (exact) mass is 495 g/mol. The first-order valence-corrected chi connectivity index (χ1v) is 11.6. The van der Waals surface area contributed by atoms with E-state index in [-0.39, 0.29) is 21.7 Å². The van der Waals surface area contributed by atoms with Crippen molar-refractivity contribution in [2.45, 2.75) is 0 Å². The molecule has 1 heterocycles. The van der Waals surface area contributed by atoms with E-state index < -0.39 is 27.3 Å². The molecule has 1 amide bonds. The van der Waals surface area contributed by atoms with Crippen LogP contribution in [0.5, 0.6) is 0 Å². The van der Waals surface area contributed by atoms with Crippen molar-refractivity contribution in [3.63, 3.8) is 0 Å². The number of hydrogen-bond acceptors (Lipinski definition) is 4. The molecule has 0 aliphatic heterocycles. The molecule has 11 heteroatoms. The third kappa shape index (κ3) is 4.32. The predicted molar refractivity (Wildman–Crippen MR) is 119 cm³/mol. The van der Waals surface area contributed by atoms with Crippen molar-refractivity contribution in [2.75, 3.05) is 6.26 Å². The summed E-state index contributed by atoms with van der Waals surface area (Å²) in [6.07, 6.45) is 0.775. The number of amides is 1. The molecule has 0 bridgehead atoms. The van der Waals surface area contributed by atoms with E-state index >= 15 is 0 Å². The summed E-state index contributed by atoms with van der Waals surface area (Å²) in [7, 11) is -3.88. The van der Waals surface area contributed by atoms with Crippen molar-refractivity contribution in [3.05, 3.63) is 82.0 Å². The van der Waals surface area contributed by atoms with Crippen LogP contribution in [0.1, 0.15) is 10.4 Å². The topological polar surface area (TPSA) is 81.1 Å². The SMILES string of the molecule is CS(=O)(=O)NC(=O)c1cc(Cl)c(-n2nc(Cl)c3cc(-c4ccc(F)cc4)ccc32)cc1F. The number of carbonyl (C=O) groups is 1. The fourth-order valence-corrected chi connectivity index (χ4v) is 4.10. The fraction of sp³-hybridized carbons (Fsp3) is 0.0476. The number of halogens is 4. The molecule has 6 nitrogen and oxygen atoms in total. The molecule has 1 aromatic heterocycles. The van der Waals surface area contributed by atoms with Gasteiger partial charge in [-0.1, -0.05) is 41.4 Å². The van der Waals surface area contributed by atoms with Crippen molar-refractivity contribution >= 4 is 50.0 Å². The zero-order valence-corrected chi connectivity index (χ0v) is 18.6. The average Bonchev–Trinajstić information content (AvgIpc) is 3.04. The first-order valence-electron chi connectivity index (χ1n) is 8.99. The van der Waals surface area contributed by atoms with E-state index in [2.05, 4.69) is 5.10 Å². The van der Waals surface area contributed by atoms with E-state index in [4.69, 9.17) is 23.2 Å². The lowest BCUT2D eigenvalue weighted by Crippen LogP contribution is -2.30. The van der Waals surface area contributed by atoms with E-state index in [0.717, 1.165) is 29.5 Å². The molecule has 0 saturated heterocycles. The molecule has 3 aromatic carbocycles. The number of aromatic nitrogens is 2. The summed E-state index contributed by atoms with van der Waals surface area (Å²) in [5.41, 5.74) is 1.61. The smallest absolute Gasteiger partial charge is 0.267 e. The quantitative estimate of drug-likeness (QED) is 0.433. The van der Waals surface area contributed by atoms with Crippen LogP contribution in [0.25, 0.3) is 27.7 Å². The highest BCUT2D eigenvalue weighted by atomic mass is 35.5. The van der Waals surface area contributed by atoms with Crippen LogP contribution in [-0.2, 0) is 10.0 Å². The van der Waals surface area contributed by atoms with Gasteiger partial charge in [0.1, 0.15) is 11.6 Å². The Morgan fingerprint density at radius 1 is 1.00 bits per heavy atom. The minimum Gasteiger partial charge on any atom is -0.268 e. The highest BCUT2D eigenvalue weighted by Gasteiger charge is 2.21. The number of nitrogens with zero attached hydrogens (tertiary/aromatic N) is 2. The largest absolute Gasteiger partial charge is 0.268 e. The molecule has 0 aliphatic rings. The van der Waals surface area contributed by atoms with Gasteiger partial charge in [0.05, 0.1) is 28.0 Å². The standard InChI is InChI=1S/C21H13Cl2F2N3O3S/c1-32(30,31)27-21(29)14-9-16(22)19(10-17(14)25)28-18-7-4-12(8-15(18)20(23)26-28)11-2-5-13(24)6-3-11/h2-10H,1H3,(H,27,29). The van der Waals surface area contributed by atoms with Crippen LogP contribution in [0, 0.1) is 11.6 Å². The Labute approximate surface area is 191 Å². The van der Waals surface area contributed by atoms with Gasteiger partial charge in [-0.2, -0.15) is 5.10 Å². The van der Waals surface area contributed by atoms with Crippen molar-refractivity contribution < 1.29 is 22.0 Å². The van der Waals surface area contributed by atoms with Crippen LogP contribution in [0.15, 0.2) is 54.6 Å². The lowest BCUT2D eigenvalue weighted by molar-refractivity contribution is 0.0978. The van der Waals surface area contributed by atoms with Gasteiger partial charge in [0.15, 0.2) is 5.15 Å². The number of nitrogens with one attached hydrogen (secondary N) is 1. The van der Waals surface area contributed by atoms with Gasteiger partial charge in [0, 0.05) is 11.5 Å². The summed E-state index contributed by atoms with van der Waals surface area (Å²) in [5, 5.41) is 4.84. The summed E-state index contributed by atoms with van der Waals surface area (Å²) in [6.45, 7) is 0. The summed E-state index contributed by atoms with van der Waals surface area (Å²) >= 11 is 12.6. The maximum atomic E-state index is 14.6. The summed E-state index contributed by atoms with van der Waals surface area (Å²) < 4.78 is 53.4. The molecule has 0 fully saturated rings. The fourth-order valence-electron chi connectivity index (χ4n) is 3.18. The number of rotatable bonds is 4. The molecule has 1 N–H and O–H groups in total. The summed E-state index contributed by atoms with van der Waals surface area (Å²) in [4.78, 5) is 12.0. The molecular weight excluding hydrogens is 483 g/mol. The van der Waals surface area contributed by atoms with E-state index in [1.807, 2.05) is 0 Å². The number of hydrogen-bond donors (Lipinski definition) is 1. The molecule has 0 aliphatic carbocycles. The summed E-state index contributed by atoms with van der Waals surface area (Å²) in [5.74, 6) is -2.50. The molecular formula is C21H13Cl2F2N3O3S. The number of benzene rings is 3. The third-order valence-electron chi connectivity index (χ3n) is 4.60. The first kappa shape index (κ1) is 22.2. The van der Waals surface area contributed by atoms with Crippen molar-refractivity contribution in [1.82, 2.24) is 14.5 Å². The molecule has 32 heavy (non-hydrogen) atoms. The van der Waals surface area contributed by atoms with Gasteiger partial charge in [-0.3, -0.25) is 4.79 Å². The van der Waals surface area contributed by atoms with Gasteiger partial charge >= 0.3 is 0 Å². The van der Waals surface area contributed by atoms with Crippen LogP contribution in [-0.4, -0.2) is 30.4 Å². The van der Waals surface area contributed by atoms with Crippen LogP contribution < -0.4 is 4.72 Å². The number of fused-ring (bicyclic) bond motifs is 1. The van der Waals surface area contributed by atoms with E-state index in [9.17, 15) is 22.0 Å². The Balaban J connectivity index is 1.79. The molecule has 0 radical (unpaired) electrons. The Morgan fingerprint density at radius 3 is 2.31 bits per heavy atom. The second-order valence-corrected chi connectivity index (χ2v) is 9.44. The maximum Gasteiger partial charge on any atom is 0.267 e. The third-order valence-corrected chi connectivity index (χ3v) is 5.74. The van der Waals surface area contributed by atoms with Crippen molar-refractivity contribution in [3.8, 4) is 16.8 Å². The lowest BCUT2D eigenvalue weighted by Gasteiger charge is -2.10. The minimum atomic E-state index is -3.88. The number of carbonyl (C=O) groups excluding carboxylic acids is 1. The zero-order chi connectivity index (χ0) is 23.2. The lowest BCUT2D eigenvalue weighted by atomic mass is 10.0. The maximum absolute atomic E-state index is 14.6. The molecule has 0 unspecified atom stereocenters. The van der Waals surface area contributed by atoms with Gasteiger partial charge in [0.25, 0.3) is 5.91 Å². The Kier molecular flexibility index (Phi) is 5.66. The normalized spacial score (nSPS) is 11.7. The highest BCUT2D eigenvalue weighted by molar-refractivity contribution is 7.89. The zero-order valence-electron chi connectivity index (χ0n) is 16.2. The highest BCUT2D eigenvalue weighted by Crippen LogP contribution is 2.33. The first-order chi connectivity index (χ1) is 15.0. The van der Waals surface area contributed by atoms with E-state index in [0.29, 0.717) is 10.9 Å². The van der Waals surface area contributed by atoms with Crippen LogP contribution in [0.3, 0.4) is 0 Å². The van der Waals surface area contributed by atoms with Crippen LogP contribution >= 0.6 is 23.2 Å². The molecule has 4 rings (SSSR count). The van der Waals surface area contributed by atoms with E-state index in [1.54, 1.807) is 35.1 Å². The number of sulfonamides is 1. The van der Waals surface area contributed by atoms with Crippen molar-refractivity contribution in [2.24, 2.45) is 0 Å². The van der Waals surface area contributed by atoms with E-state index in [1.165, 1.54) is 16.8 Å². The average molecular weight is 496 g/mol. The molecule has 164 valence electrons. The molecule has 0 atom stereocenters.